The first-order chi connectivity index (χ1) is 28.2. The number of hydrogen-bond acceptors (Lipinski definition) is 4. The summed E-state index contributed by atoms with van der Waals surface area (Å²) in [5, 5.41) is 2.13. The fourth-order valence-electron chi connectivity index (χ4n) is 9.32. The quantitative estimate of drug-likeness (QED) is 0.181. The van der Waals surface area contributed by atoms with Gasteiger partial charge in [0.1, 0.15) is 22.7 Å². The van der Waals surface area contributed by atoms with E-state index < -0.39 is 5.41 Å². The molecule has 4 heteroatoms. The van der Waals surface area contributed by atoms with Crippen LogP contribution < -0.4 is 4.74 Å². The fraction of sp³-hybridized carbons (Fsp3) is 0.0189. The number of furan rings is 1. The Morgan fingerprint density at radius 1 is 0.368 bits per heavy atom. The van der Waals surface area contributed by atoms with Crippen molar-refractivity contribution in [2.24, 2.45) is 0 Å². The van der Waals surface area contributed by atoms with Gasteiger partial charge in [0.15, 0.2) is 5.82 Å². The third-order valence-electron chi connectivity index (χ3n) is 11.8. The molecule has 2 aromatic heterocycles. The zero-order chi connectivity index (χ0) is 37.5. The molecule has 10 aromatic rings. The summed E-state index contributed by atoms with van der Waals surface area (Å²) in [7, 11) is 0. The van der Waals surface area contributed by atoms with Gasteiger partial charge >= 0.3 is 0 Å². The molecule has 0 N–H and O–H groups in total. The maximum Gasteiger partial charge on any atom is 0.160 e. The van der Waals surface area contributed by atoms with E-state index in [1.807, 2.05) is 36.4 Å². The van der Waals surface area contributed by atoms with Crippen LogP contribution in [0, 0.1) is 0 Å². The van der Waals surface area contributed by atoms with Crippen LogP contribution >= 0.6 is 0 Å². The van der Waals surface area contributed by atoms with Crippen LogP contribution in [0.25, 0.3) is 78.1 Å². The highest BCUT2D eigenvalue weighted by Gasteiger charge is 2.51. The van der Waals surface area contributed by atoms with Gasteiger partial charge in [-0.05, 0) is 75.8 Å². The maximum atomic E-state index is 6.73. The average molecular weight is 729 g/mol. The van der Waals surface area contributed by atoms with Crippen molar-refractivity contribution < 1.29 is 9.15 Å². The highest BCUT2D eigenvalue weighted by Crippen LogP contribution is 2.63. The zero-order valence-corrected chi connectivity index (χ0v) is 30.7. The van der Waals surface area contributed by atoms with Gasteiger partial charge in [0.2, 0.25) is 0 Å². The Labute approximate surface area is 329 Å². The van der Waals surface area contributed by atoms with Gasteiger partial charge in [-0.25, -0.2) is 9.97 Å². The predicted molar refractivity (Wildman–Crippen MR) is 228 cm³/mol. The van der Waals surface area contributed by atoms with Gasteiger partial charge < -0.3 is 9.15 Å². The molecular formula is C53H32N2O2. The van der Waals surface area contributed by atoms with E-state index >= 15 is 0 Å². The van der Waals surface area contributed by atoms with Gasteiger partial charge in [-0.3, -0.25) is 0 Å². The molecular weight excluding hydrogens is 697 g/mol. The lowest BCUT2D eigenvalue weighted by Crippen LogP contribution is -2.32. The minimum absolute atomic E-state index is 0.520. The molecule has 0 bridgehead atoms. The molecule has 0 saturated heterocycles. The summed E-state index contributed by atoms with van der Waals surface area (Å²) in [5.41, 5.74) is 15.4. The molecule has 4 nitrogen and oxygen atoms in total. The molecule has 0 atom stereocenters. The highest BCUT2D eigenvalue weighted by atomic mass is 16.5. The van der Waals surface area contributed by atoms with Crippen LogP contribution in [0.4, 0.5) is 0 Å². The van der Waals surface area contributed by atoms with E-state index in [2.05, 4.69) is 158 Å². The molecule has 2 aliphatic rings. The van der Waals surface area contributed by atoms with Crippen molar-refractivity contribution >= 4 is 21.9 Å². The first-order valence-electron chi connectivity index (χ1n) is 19.3. The van der Waals surface area contributed by atoms with Gasteiger partial charge in [0.25, 0.3) is 0 Å². The number of aromatic nitrogens is 2. The Kier molecular flexibility index (Phi) is 6.81. The van der Waals surface area contributed by atoms with Crippen molar-refractivity contribution in [3.05, 3.63) is 216 Å². The van der Waals surface area contributed by atoms with Crippen molar-refractivity contribution in [3.8, 4) is 67.7 Å². The van der Waals surface area contributed by atoms with Crippen molar-refractivity contribution in [2.45, 2.75) is 5.41 Å². The number of hydrogen-bond donors (Lipinski definition) is 0. The third kappa shape index (κ3) is 4.68. The van der Waals surface area contributed by atoms with Gasteiger partial charge in [0, 0.05) is 38.6 Å². The number of para-hydroxylation sites is 2. The molecule has 1 aliphatic carbocycles. The van der Waals surface area contributed by atoms with Gasteiger partial charge in [-0.15, -0.1) is 0 Å². The third-order valence-corrected chi connectivity index (χ3v) is 11.8. The molecule has 0 amide bonds. The SMILES string of the molecule is c1ccc(-c2cc(-c3ccccc3)nc(-c3ccc4c(c3)oc3cc(-c5cccc6c5-c5ccccc5C65c6ccccc6Oc6ccccc65)ccc34)n2)cc1. The number of rotatable bonds is 4. The lowest BCUT2D eigenvalue weighted by atomic mass is 9.66. The summed E-state index contributed by atoms with van der Waals surface area (Å²) in [6, 6.07) is 68.2. The smallest absolute Gasteiger partial charge is 0.160 e. The predicted octanol–water partition coefficient (Wildman–Crippen LogP) is 13.5. The molecule has 266 valence electrons. The second-order valence-electron chi connectivity index (χ2n) is 14.8. The average Bonchev–Trinajstić information content (AvgIpc) is 3.80. The normalized spacial score (nSPS) is 13.2. The number of fused-ring (bicyclic) bond motifs is 12. The van der Waals surface area contributed by atoms with Crippen LogP contribution in [0.3, 0.4) is 0 Å². The summed E-state index contributed by atoms with van der Waals surface area (Å²) in [6.45, 7) is 0. The Bertz CT molecular complexity index is 3120. The molecule has 0 fully saturated rings. The van der Waals surface area contributed by atoms with Crippen LogP contribution in [-0.4, -0.2) is 9.97 Å². The first-order valence-corrected chi connectivity index (χ1v) is 19.3. The lowest BCUT2D eigenvalue weighted by Gasteiger charge is -2.39. The minimum atomic E-state index is -0.520. The van der Waals surface area contributed by atoms with E-state index in [4.69, 9.17) is 19.1 Å². The van der Waals surface area contributed by atoms with Gasteiger partial charge in [-0.2, -0.15) is 0 Å². The minimum Gasteiger partial charge on any atom is -0.457 e. The lowest BCUT2D eigenvalue weighted by molar-refractivity contribution is 0.436. The van der Waals surface area contributed by atoms with Crippen molar-refractivity contribution in [1.29, 1.82) is 0 Å². The summed E-state index contributed by atoms with van der Waals surface area (Å²) in [6.07, 6.45) is 0. The first kappa shape index (κ1) is 31.8. The molecule has 57 heavy (non-hydrogen) atoms. The van der Waals surface area contributed by atoms with Gasteiger partial charge in [-0.1, -0.05) is 152 Å². The summed E-state index contributed by atoms with van der Waals surface area (Å²) >= 11 is 0. The van der Waals surface area contributed by atoms with Crippen LogP contribution in [0.15, 0.2) is 199 Å². The Balaban J connectivity index is 1.01. The van der Waals surface area contributed by atoms with Crippen molar-refractivity contribution in [2.75, 3.05) is 0 Å². The fourth-order valence-corrected chi connectivity index (χ4v) is 9.32. The van der Waals surface area contributed by atoms with E-state index in [0.717, 1.165) is 78.2 Å². The monoisotopic (exact) mass is 728 g/mol. The molecule has 8 aromatic carbocycles. The van der Waals surface area contributed by atoms with E-state index in [0.29, 0.717) is 5.82 Å². The second kappa shape index (κ2) is 12.2. The number of nitrogens with zero attached hydrogens (tertiary/aromatic N) is 2. The van der Waals surface area contributed by atoms with Crippen molar-refractivity contribution in [3.63, 3.8) is 0 Å². The molecule has 0 radical (unpaired) electrons. The zero-order valence-electron chi connectivity index (χ0n) is 30.7. The Morgan fingerprint density at radius 3 is 1.53 bits per heavy atom. The van der Waals surface area contributed by atoms with E-state index in [1.165, 1.54) is 27.8 Å². The molecule has 3 heterocycles. The van der Waals surface area contributed by atoms with Crippen LogP contribution in [0.1, 0.15) is 22.3 Å². The standard InChI is InChI=1S/C53H32N2O2/c1-3-14-33(15-4-1)45-32-46(34-16-5-2-6-17-34)55-52(54-45)36-27-29-39-38-28-26-35(30-49(38)57-50(39)31-36)37-19-13-23-44-51(37)40-18-7-8-20-41(40)53(44)42-21-9-11-24-47(42)56-48-25-12-10-22-43(48)53/h1-32H. The molecule has 0 unspecified atom stereocenters. The largest absolute Gasteiger partial charge is 0.457 e. The summed E-state index contributed by atoms with van der Waals surface area (Å²) in [5.74, 6) is 2.43. The molecule has 0 saturated carbocycles. The molecule has 1 aliphatic heterocycles. The van der Waals surface area contributed by atoms with E-state index in [1.54, 1.807) is 0 Å². The van der Waals surface area contributed by atoms with Crippen LogP contribution in [-0.2, 0) is 5.41 Å². The van der Waals surface area contributed by atoms with E-state index in [9.17, 15) is 0 Å². The Hall–Kier alpha value is -7.56. The van der Waals surface area contributed by atoms with E-state index in [-0.39, 0.29) is 0 Å². The van der Waals surface area contributed by atoms with Crippen LogP contribution in [0.5, 0.6) is 11.5 Å². The molecule has 1 spiro atoms. The number of benzene rings is 8. The molecule has 12 rings (SSSR count). The summed E-state index contributed by atoms with van der Waals surface area (Å²) < 4.78 is 13.3. The number of ether oxygens (including phenoxy) is 1. The second-order valence-corrected chi connectivity index (χ2v) is 14.8. The Morgan fingerprint density at radius 2 is 0.877 bits per heavy atom. The highest BCUT2D eigenvalue weighted by molar-refractivity contribution is 6.07. The van der Waals surface area contributed by atoms with Crippen molar-refractivity contribution in [1.82, 2.24) is 9.97 Å². The van der Waals surface area contributed by atoms with Crippen LogP contribution in [0.2, 0.25) is 0 Å². The summed E-state index contributed by atoms with van der Waals surface area (Å²) in [4.78, 5) is 10.1. The van der Waals surface area contributed by atoms with Gasteiger partial charge in [0.05, 0.1) is 16.8 Å². The topological polar surface area (TPSA) is 48.2 Å². The maximum absolute atomic E-state index is 6.73.